The first-order chi connectivity index (χ1) is 9.43. The van der Waals surface area contributed by atoms with Crippen molar-refractivity contribution in [3.8, 4) is 0 Å². The fourth-order valence-corrected chi connectivity index (χ4v) is 1.76. The normalized spacial score (nSPS) is 21.2. The number of hydrogen-bond acceptors (Lipinski definition) is 6. The summed E-state index contributed by atoms with van der Waals surface area (Å²) < 4.78 is 4.76. The Labute approximate surface area is 116 Å². The first kappa shape index (κ1) is 16.0. The van der Waals surface area contributed by atoms with E-state index < -0.39 is 24.1 Å². The van der Waals surface area contributed by atoms with E-state index in [1.54, 1.807) is 6.92 Å². The van der Waals surface area contributed by atoms with E-state index in [2.05, 4.69) is 5.28 Å². The van der Waals surface area contributed by atoms with Crippen molar-refractivity contribution < 1.29 is 29.2 Å². The van der Waals surface area contributed by atoms with E-state index in [1.165, 1.54) is 11.9 Å². The number of hydrazine groups is 1. The van der Waals surface area contributed by atoms with Crippen LogP contribution in [0.2, 0.25) is 0 Å². The van der Waals surface area contributed by atoms with Gasteiger partial charge in [0.1, 0.15) is 0 Å². The number of carboxylic acids is 1. The van der Waals surface area contributed by atoms with Gasteiger partial charge in [-0.2, -0.15) is 0 Å². The Bertz CT molecular complexity index is 386. The predicted octanol–water partition coefficient (Wildman–Crippen LogP) is 0.891. The molecule has 0 spiro atoms. The molecule has 1 heterocycles. The molecule has 20 heavy (non-hydrogen) atoms. The highest BCUT2D eigenvalue weighted by atomic mass is 16.8. The average Bonchev–Trinajstić information content (AvgIpc) is 2.44. The third kappa shape index (κ3) is 4.90. The fourth-order valence-electron chi connectivity index (χ4n) is 1.76. The van der Waals surface area contributed by atoms with Crippen LogP contribution in [0.4, 0.5) is 0 Å². The lowest BCUT2D eigenvalue weighted by Gasteiger charge is -2.26. The van der Waals surface area contributed by atoms with Gasteiger partial charge in [-0.15, -0.1) is 5.01 Å². The van der Waals surface area contributed by atoms with Gasteiger partial charge in [0, 0.05) is 13.3 Å². The van der Waals surface area contributed by atoms with E-state index in [9.17, 15) is 14.8 Å². The van der Waals surface area contributed by atoms with Crippen LogP contribution in [0.5, 0.6) is 0 Å². The molecule has 9 nitrogen and oxygen atoms in total. The molecular formula is C11H19N3O6. The molecule has 0 aliphatic carbocycles. The largest absolute Gasteiger partial charge is 0.569 e. The van der Waals surface area contributed by atoms with Crippen LogP contribution in [0.15, 0.2) is 5.28 Å². The van der Waals surface area contributed by atoms with Crippen molar-refractivity contribution in [1.82, 2.24) is 5.01 Å². The van der Waals surface area contributed by atoms with Gasteiger partial charge in [-0.25, -0.2) is 0 Å². The highest BCUT2D eigenvalue weighted by molar-refractivity contribution is 5.70. The smallest absolute Gasteiger partial charge is 0.308 e. The molecule has 0 aromatic carbocycles. The van der Waals surface area contributed by atoms with Gasteiger partial charge < -0.3 is 15.1 Å². The minimum Gasteiger partial charge on any atom is -0.569 e. The van der Waals surface area contributed by atoms with Crippen molar-refractivity contribution in [1.29, 1.82) is 0 Å². The summed E-state index contributed by atoms with van der Waals surface area (Å²) in [6.45, 7) is 3.55. The second-order valence-electron chi connectivity index (χ2n) is 4.44. The molecule has 0 radical (unpaired) electrons. The van der Waals surface area contributed by atoms with Crippen LogP contribution in [0.25, 0.3) is 0 Å². The Morgan fingerprint density at radius 1 is 1.60 bits per heavy atom. The van der Waals surface area contributed by atoms with Gasteiger partial charge in [0.2, 0.25) is 5.28 Å². The lowest BCUT2D eigenvalue weighted by atomic mass is 10.00. The Kier molecular flexibility index (Phi) is 6.01. The average molecular weight is 289 g/mol. The fraction of sp³-hybridized carbons (Fsp3) is 0.818. The molecule has 0 saturated carbocycles. The van der Waals surface area contributed by atoms with Gasteiger partial charge in [0.15, 0.2) is 0 Å². The molecule has 1 aliphatic heterocycles. The summed E-state index contributed by atoms with van der Waals surface area (Å²) in [4.78, 5) is 26.8. The van der Waals surface area contributed by atoms with Crippen molar-refractivity contribution in [3.63, 3.8) is 0 Å². The SMILES string of the molecule is CCC(=O)OC(C)ON=[N+]([O-])N1CCCC(C(=O)O)C1. The Hall–Kier alpha value is -2.06. The lowest BCUT2D eigenvalue weighted by Crippen LogP contribution is -2.42. The zero-order valence-corrected chi connectivity index (χ0v) is 11.5. The number of piperidine rings is 1. The number of nitrogens with zero attached hydrogens (tertiary/aromatic N) is 3. The minimum atomic E-state index is -0.973. The number of esters is 1. The lowest BCUT2D eigenvalue weighted by molar-refractivity contribution is -0.715. The van der Waals surface area contributed by atoms with Crippen molar-refractivity contribution in [2.45, 2.75) is 39.4 Å². The van der Waals surface area contributed by atoms with Crippen molar-refractivity contribution in [2.24, 2.45) is 11.2 Å². The maximum absolute atomic E-state index is 11.6. The molecule has 1 saturated heterocycles. The van der Waals surface area contributed by atoms with E-state index in [4.69, 9.17) is 14.7 Å². The maximum Gasteiger partial charge on any atom is 0.308 e. The molecule has 0 amide bonds. The molecule has 0 aromatic rings. The summed E-state index contributed by atoms with van der Waals surface area (Å²) in [6, 6.07) is 0. The topological polar surface area (TPSA) is 114 Å². The van der Waals surface area contributed by atoms with E-state index in [0.29, 0.717) is 19.4 Å². The number of rotatable bonds is 6. The van der Waals surface area contributed by atoms with Crippen LogP contribution in [-0.2, 0) is 19.2 Å². The predicted molar refractivity (Wildman–Crippen MR) is 64.9 cm³/mol. The molecule has 114 valence electrons. The third-order valence-corrected chi connectivity index (χ3v) is 2.84. The molecule has 0 aromatic heterocycles. The number of aliphatic carboxylic acids is 1. The van der Waals surface area contributed by atoms with Gasteiger partial charge in [-0.3, -0.25) is 14.4 Å². The van der Waals surface area contributed by atoms with Crippen LogP contribution in [0, 0.1) is 11.1 Å². The Balaban J connectivity index is 2.47. The zero-order valence-electron chi connectivity index (χ0n) is 11.5. The number of ether oxygens (including phenoxy) is 1. The summed E-state index contributed by atoms with van der Waals surface area (Å²) in [5.74, 6) is -1.99. The molecular weight excluding hydrogens is 270 g/mol. The highest BCUT2D eigenvalue weighted by Gasteiger charge is 2.29. The quantitative estimate of drug-likeness (QED) is 0.254. The number of carbonyl (C=O) groups excluding carboxylic acids is 1. The zero-order chi connectivity index (χ0) is 15.1. The number of carboxylic acid groups (broad SMARTS) is 1. The van der Waals surface area contributed by atoms with E-state index >= 15 is 0 Å². The molecule has 1 fully saturated rings. The standard InChI is InChI=1S/C11H19N3O6/c1-3-10(15)19-8(2)20-12-14(18)13-6-4-5-9(7-13)11(16)17/h8-9H,3-7H2,1-2H3,(H,16,17). The number of hydrogen-bond donors (Lipinski definition) is 1. The van der Waals surface area contributed by atoms with Crippen molar-refractivity contribution in [2.75, 3.05) is 13.1 Å². The van der Waals surface area contributed by atoms with E-state index in [0.717, 1.165) is 0 Å². The van der Waals surface area contributed by atoms with Gasteiger partial charge in [0.25, 0.3) is 6.29 Å². The van der Waals surface area contributed by atoms with Crippen molar-refractivity contribution >= 4 is 11.9 Å². The molecule has 0 bridgehead atoms. The molecule has 9 heteroatoms. The Morgan fingerprint density at radius 3 is 2.90 bits per heavy atom. The number of carbonyl (C=O) groups is 2. The molecule has 1 aliphatic rings. The third-order valence-electron chi connectivity index (χ3n) is 2.84. The van der Waals surface area contributed by atoms with E-state index in [-0.39, 0.29) is 17.9 Å². The van der Waals surface area contributed by atoms with Gasteiger partial charge in [-0.1, -0.05) is 6.92 Å². The summed E-state index contributed by atoms with van der Waals surface area (Å²) in [5, 5.41) is 25.1. The van der Waals surface area contributed by atoms with Crippen LogP contribution in [0.3, 0.4) is 0 Å². The minimum absolute atomic E-state index is 0.0782. The Morgan fingerprint density at radius 2 is 2.30 bits per heavy atom. The monoisotopic (exact) mass is 289 g/mol. The van der Waals surface area contributed by atoms with Gasteiger partial charge >= 0.3 is 11.9 Å². The highest BCUT2D eigenvalue weighted by Crippen LogP contribution is 2.16. The summed E-state index contributed by atoms with van der Waals surface area (Å²) >= 11 is 0. The first-order valence-electron chi connectivity index (χ1n) is 6.45. The second-order valence-corrected chi connectivity index (χ2v) is 4.44. The van der Waals surface area contributed by atoms with Crippen LogP contribution in [0.1, 0.15) is 33.1 Å². The van der Waals surface area contributed by atoms with Gasteiger partial charge in [0.05, 0.1) is 24.0 Å². The molecule has 1 N–H and O–H groups in total. The van der Waals surface area contributed by atoms with Gasteiger partial charge in [-0.05, 0) is 12.8 Å². The van der Waals surface area contributed by atoms with Crippen LogP contribution in [-0.4, -0.2) is 46.4 Å². The summed E-state index contributed by atoms with van der Waals surface area (Å²) in [6.07, 6.45) is 0.344. The van der Waals surface area contributed by atoms with Crippen LogP contribution >= 0.6 is 0 Å². The molecule has 2 unspecified atom stereocenters. The summed E-state index contributed by atoms with van der Waals surface area (Å²) in [5.41, 5.74) is 0. The first-order valence-corrected chi connectivity index (χ1v) is 6.45. The summed E-state index contributed by atoms with van der Waals surface area (Å²) in [7, 11) is 0. The second kappa shape index (κ2) is 7.51. The van der Waals surface area contributed by atoms with E-state index in [1.807, 2.05) is 0 Å². The van der Waals surface area contributed by atoms with Crippen molar-refractivity contribution in [3.05, 3.63) is 5.21 Å². The van der Waals surface area contributed by atoms with Crippen LogP contribution < -0.4 is 0 Å². The maximum atomic E-state index is 11.6. The molecule has 2 atom stereocenters. The molecule has 1 rings (SSSR count).